The summed E-state index contributed by atoms with van der Waals surface area (Å²) < 4.78 is 23.6. The summed E-state index contributed by atoms with van der Waals surface area (Å²) in [6.07, 6.45) is -0.219. The van der Waals surface area contributed by atoms with E-state index >= 15 is 0 Å². The molecular weight excluding hydrogens is 441 g/mol. The Morgan fingerprint density at radius 3 is 2.53 bits per heavy atom. The third-order valence-electron chi connectivity index (χ3n) is 5.57. The topological polar surface area (TPSA) is 109 Å². The highest BCUT2D eigenvalue weighted by Gasteiger charge is 2.27. The van der Waals surface area contributed by atoms with E-state index in [0.29, 0.717) is 16.5 Å². The molecule has 0 fully saturated rings. The smallest absolute Gasteiger partial charge is 0.343 e. The Hall–Kier alpha value is -4.33. The fraction of sp³-hybridized carbons (Fsp3) is 0.154. The van der Waals surface area contributed by atoms with Crippen LogP contribution in [-0.2, 0) is 11.3 Å². The minimum atomic E-state index is -0.925. The number of hydrogen-bond acceptors (Lipinski definition) is 6. The van der Waals surface area contributed by atoms with Gasteiger partial charge in [0.1, 0.15) is 17.1 Å². The maximum absolute atomic E-state index is 13.1. The minimum absolute atomic E-state index is 0.0970. The summed E-state index contributed by atoms with van der Waals surface area (Å²) in [7, 11) is 1.40. The van der Waals surface area contributed by atoms with E-state index in [-0.39, 0.29) is 47.2 Å². The fourth-order valence-electron chi connectivity index (χ4n) is 3.83. The molecule has 0 radical (unpaired) electrons. The first-order valence-electron chi connectivity index (χ1n) is 10.5. The molecule has 34 heavy (non-hydrogen) atoms. The number of benzene rings is 3. The quantitative estimate of drug-likeness (QED) is 0.355. The Morgan fingerprint density at radius 2 is 1.82 bits per heavy atom. The average molecular weight is 463 g/mol. The van der Waals surface area contributed by atoms with Crippen molar-refractivity contribution < 1.29 is 28.6 Å². The van der Waals surface area contributed by atoms with Gasteiger partial charge in [0.05, 0.1) is 18.1 Å². The van der Waals surface area contributed by atoms with E-state index in [1.54, 1.807) is 42.5 Å². The summed E-state index contributed by atoms with van der Waals surface area (Å²) in [6.45, 7) is 0.151. The second-order valence-electron chi connectivity index (χ2n) is 7.74. The highest BCUT2D eigenvalue weighted by molar-refractivity contribution is 5.85. The van der Waals surface area contributed by atoms with Crippen LogP contribution in [0.1, 0.15) is 29.0 Å². The van der Waals surface area contributed by atoms with Crippen LogP contribution in [0.4, 0.5) is 4.39 Å². The molecule has 174 valence electrons. The molecule has 1 atom stereocenters. The summed E-state index contributed by atoms with van der Waals surface area (Å²) in [5.41, 5.74) is 0.434. The number of amides is 1. The van der Waals surface area contributed by atoms with Gasteiger partial charge in [-0.1, -0.05) is 30.3 Å². The summed E-state index contributed by atoms with van der Waals surface area (Å²) >= 11 is 0. The number of para-hydroxylation sites is 1. The summed E-state index contributed by atoms with van der Waals surface area (Å²) in [4.78, 5) is 25.7. The first-order valence-corrected chi connectivity index (χ1v) is 10.5. The van der Waals surface area contributed by atoms with Gasteiger partial charge in [-0.3, -0.25) is 4.79 Å². The fourth-order valence-corrected chi connectivity index (χ4v) is 3.83. The second kappa shape index (κ2) is 9.66. The maximum atomic E-state index is 13.1. The van der Waals surface area contributed by atoms with Gasteiger partial charge in [0, 0.05) is 18.9 Å². The van der Waals surface area contributed by atoms with Gasteiger partial charge in [-0.2, -0.15) is 0 Å². The summed E-state index contributed by atoms with van der Waals surface area (Å²) in [6, 6.07) is 16.7. The van der Waals surface area contributed by atoms with Crippen LogP contribution in [-0.4, -0.2) is 23.2 Å². The molecule has 3 N–H and O–H groups in total. The predicted molar refractivity (Wildman–Crippen MR) is 124 cm³/mol. The number of methoxy groups -OCH3 is 1. The molecule has 0 aliphatic carbocycles. The van der Waals surface area contributed by atoms with Crippen molar-refractivity contribution >= 4 is 16.9 Å². The zero-order valence-electron chi connectivity index (χ0n) is 18.2. The lowest BCUT2D eigenvalue weighted by Crippen LogP contribution is -2.26. The van der Waals surface area contributed by atoms with Crippen LogP contribution in [0.15, 0.2) is 75.9 Å². The largest absolute Gasteiger partial charge is 0.507 e. The van der Waals surface area contributed by atoms with E-state index in [1.807, 2.05) is 0 Å². The Bertz CT molecular complexity index is 1400. The predicted octanol–water partition coefficient (Wildman–Crippen LogP) is 4.19. The van der Waals surface area contributed by atoms with Gasteiger partial charge in [0.2, 0.25) is 5.91 Å². The van der Waals surface area contributed by atoms with Crippen LogP contribution in [0.5, 0.6) is 17.2 Å². The Balaban J connectivity index is 1.71. The molecule has 8 heteroatoms. The number of nitrogens with one attached hydrogen (secondary N) is 1. The van der Waals surface area contributed by atoms with Crippen molar-refractivity contribution in [2.75, 3.05) is 7.11 Å². The number of halogens is 1. The molecule has 1 heterocycles. The number of phenolic OH excluding ortho intramolecular Hbond substituents is 1. The molecule has 0 aliphatic rings. The normalized spacial score (nSPS) is 11.8. The Morgan fingerprint density at radius 1 is 1.09 bits per heavy atom. The highest BCUT2D eigenvalue weighted by atomic mass is 19.1. The molecule has 1 aromatic heterocycles. The molecule has 0 bridgehead atoms. The highest BCUT2D eigenvalue weighted by Crippen LogP contribution is 2.38. The molecule has 0 unspecified atom stereocenters. The number of aromatic hydroxyl groups is 2. The van der Waals surface area contributed by atoms with Crippen LogP contribution in [0, 0.1) is 5.82 Å². The van der Waals surface area contributed by atoms with Crippen LogP contribution >= 0.6 is 0 Å². The van der Waals surface area contributed by atoms with Crippen LogP contribution in [0.25, 0.3) is 11.0 Å². The zero-order chi connectivity index (χ0) is 24.2. The van der Waals surface area contributed by atoms with Gasteiger partial charge in [-0.15, -0.1) is 0 Å². The lowest BCUT2D eigenvalue weighted by Gasteiger charge is -2.19. The van der Waals surface area contributed by atoms with Crippen molar-refractivity contribution in [1.29, 1.82) is 0 Å². The number of hydrogen-bond donors (Lipinski definition) is 3. The van der Waals surface area contributed by atoms with Gasteiger partial charge >= 0.3 is 5.63 Å². The molecule has 3 aromatic carbocycles. The van der Waals surface area contributed by atoms with E-state index in [1.165, 1.54) is 31.4 Å². The van der Waals surface area contributed by atoms with E-state index in [4.69, 9.17) is 9.15 Å². The first kappa shape index (κ1) is 22.8. The molecular formula is C26H22FNO6. The average Bonchev–Trinajstić information content (AvgIpc) is 2.83. The zero-order valence-corrected chi connectivity index (χ0v) is 18.2. The number of phenols is 1. The summed E-state index contributed by atoms with van der Waals surface area (Å²) in [5.74, 6) is -1.98. The van der Waals surface area contributed by atoms with Gasteiger partial charge < -0.3 is 24.7 Å². The van der Waals surface area contributed by atoms with Crippen molar-refractivity contribution in [3.8, 4) is 17.2 Å². The van der Waals surface area contributed by atoms with Gasteiger partial charge in [0.15, 0.2) is 11.5 Å². The number of rotatable bonds is 7. The van der Waals surface area contributed by atoms with E-state index in [9.17, 15) is 24.2 Å². The molecule has 0 aliphatic heterocycles. The van der Waals surface area contributed by atoms with Gasteiger partial charge in [-0.25, -0.2) is 9.18 Å². The maximum Gasteiger partial charge on any atom is 0.343 e. The number of ether oxygens (including phenoxy) is 1. The van der Waals surface area contributed by atoms with Crippen molar-refractivity contribution in [1.82, 2.24) is 5.32 Å². The molecule has 1 amide bonds. The summed E-state index contributed by atoms with van der Waals surface area (Å²) in [5, 5.41) is 24.3. The van der Waals surface area contributed by atoms with Gasteiger partial charge in [0.25, 0.3) is 0 Å². The van der Waals surface area contributed by atoms with Crippen molar-refractivity contribution in [2.45, 2.75) is 18.9 Å². The molecule has 0 saturated carbocycles. The lowest BCUT2D eigenvalue weighted by molar-refractivity contribution is -0.121. The van der Waals surface area contributed by atoms with Crippen molar-refractivity contribution in [3.63, 3.8) is 0 Å². The van der Waals surface area contributed by atoms with Crippen LogP contribution in [0.3, 0.4) is 0 Å². The Kier molecular flexibility index (Phi) is 6.49. The molecule has 4 rings (SSSR count). The van der Waals surface area contributed by atoms with Crippen LogP contribution < -0.4 is 15.7 Å². The van der Waals surface area contributed by atoms with E-state index in [2.05, 4.69) is 5.32 Å². The third kappa shape index (κ3) is 4.71. The van der Waals surface area contributed by atoms with Gasteiger partial charge in [-0.05, 0) is 47.5 Å². The standard InChI is InChI=1S/C26H22FNO6/c1-33-22-11-8-16(12-20(22)29)19(13-23(30)28-14-15-6-9-17(27)10-7-15)24-25(31)18-4-2-3-5-21(18)34-26(24)32/h2-12,19,29,31H,13-14H2,1H3,(H,28,30)/t19-/m1/s1. The lowest BCUT2D eigenvalue weighted by atomic mass is 9.87. The number of fused-ring (bicyclic) bond motifs is 1. The molecule has 4 aromatic rings. The first-order chi connectivity index (χ1) is 16.4. The Labute approximate surface area is 194 Å². The minimum Gasteiger partial charge on any atom is -0.507 e. The van der Waals surface area contributed by atoms with Crippen LogP contribution in [0.2, 0.25) is 0 Å². The van der Waals surface area contributed by atoms with Crippen molar-refractivity contribution in [2.24, 2.45) is 0 Å². The third-order valence-corrected chi connectivity index (χ3v) is 5.57. The second-order valence-corrected chi connectivity index (χ2v) is 7.74. The number of carbonyl (C=O) groups excluding carboxylic acids is 1. The van der Waals surface area contributed by atoms with E-state index in [0.717, 1.165) is 0 Å². The SMILES string of the molecule is COc1ccc([C@@H](CC(=O)NCc2ccc(F)cc2)c2c(O)c3ccccc3oc2=O)cc1O. The number of carbonyl (C=O) groups is 1. The molecule has 0 saturated heterocycles. The monoisotopic (exact) mass is 463 g/mol. The van der Waals surface area contributed by atoms with E-state index < -0.39 is 17.5 Å². The molecule has 7 nitrogen and oxygen atoms in total. The van der Waals surface area contributed by atoms with Crippen molar-refractivity contribution in [3.05, 3.63) is 99.7 Å². The molecule has 0 spiro atoms.